The van der Waals surface area contributed by atoms with Gasteiger partial charge in [0.15, 0.2) is 0 Å². The molecule has 0 N–H and O–H groups in total. The van der Waals surface area contributed by atoms with Crippen LogP contribution in [0.2, 0.25) is 0 Å². The molecule has 0 atom stereocenters. The summed E-state index contributed by atoms with van der Waals surface area (Å²) in [5.74, 6) is 2.91. The van der Waals surface area contributed by atoms with E-state index < -0.39 is 0 Å². The summed E-state index contributed by atoms with van der Waals surface area (Å²) in [7, 11) is 0. The maximum atomic E-state index is 12.0. The van der Waals surface area contributed by atoms with Crippen molar-refractivity contribution in [1.29, 1.82) is 0 Å². The zero-order chi connectivity index (χ0) is 12.8. The molecule has 18 heavy (non-hydrogen) atoms. The lowest BCUT2D eigenvalue weighted by Gasteiger charge is -2.35. The minimum Gasteiger partial charge on any atom is -0.300 e. The van der Waals surface area contributed by atoms with Gasteiger partial charge in [-0.25, -0.2) is 4.39 Å². The average molecular weight is 252 g/mol. The molecule has 1 nitrogen and oxygen atoms in total. The normalized spacial score (nSPS) is 31.1. The third-order valence-corrected chi connectivity index (χ3v) is 4.87. The number of rotatable bonds is 4. The Labute approximate surface area is 110 Å². The first kappa shape index (κ1) is 13.8. The van der Waals surface area contributed by atoms with Crippen LogP contribution in [0.15, 0.2) is 12.2 Å². The van der Waals surface area contributed by atoms with Crippen LogP contribution in [0.4, 0.5) is 4.39 Å². The number of hydrogen-bond donors (Lipinski definition) is 0. The van der Waals surface area contributed by atoms with Crippen molar-refractivity contribution < 1.29 is 9.18 Å². The Morgan fingerprint density at radius 1 is 0.944 bits per heavy atom. The summed E-state index contributed by atoms with van der Waals surface area (Å²) >= 11 is 0. The molecule has 0 saturated heterocycles. The number of carbonyl (C=O) groups is 1. The second kappa shape index (κ2) is 7.06. The number of allylic oxidation sites excluding steroid dienone is 2. The van der Waals surface area contributed by atoms with Crippen molar-refractivity contribution in [2.45, 2.75) is 57.8 Å². The fourth-order valence-corrected chi connectivity index (χ4v) is 3.68. The lowest BCUT2D eigenvalue weighted by atomic mass is 9.70. The van der Waals surface area contributed by atoms with Crippen molar-refractivity contribution in [3.63, 3.8) is 0 Å². The standard InChI is InChI=1S/C16H25FO/c17-12-2-1-3-13-4-6-14(7-5-13)15-8-10-16(18)11-9-15/h1-2,13-15H,3-12H2/b2-1+. The lowest BCUT2D eigenvalue weighted by molar-refractivity contribution is -0.121. The Hall–Kier alpha value is -0.660. The van der Waals surface area contributed by atoms with E-state index in [1.165, 1.54) is 25.7 Å². The summed E-state index contributed by atoms with van der Waals surface area (Å²) in [6, 6.07) is 0. The van der Waals surface area contributed by atoms with E-state index in [2.05, 4.69) is 0 Å². The number of hydrogen-bond acceptors (Lipinski definition) is 1. The van der Waals surface area contributed by atoms with Crippen LogP contribution >= 0.6 is 0 Å². The topological polar surface area (TPSA) is 17.1 Å². The van der Waals surface area contributed by atoms with Gasteiger partial charge in [-0.1, -0.05) is 12.2 Å². The van der Waals surface area contributed by atoms with Gasteiger partial charge in [0, 0.05) is 12.8 Å². The van der Waals surface area contributed by atoms with Gasteiger partial charge >= 0.3 is 0 Å². The van der Waals surface area contributed by atoms with Crippen LogP contribution < -0.4 is 0 Å². The van der Waals surface area contributed by atoms with E-state index in [-0.39, 0.29) is 6.67 Å². The highest BCUT2D eigenvalue weighted by Gasteiger charge is 2.29. The third kappa shape index (κ3) is 3.93. The van der Waals surface area contributed by atoms with Crippen LogP contribution in [-0.2, 0) is 4.79 Å². The van der Waals surface area contributed by atoms with Crippen LogP contribution in [0.3, 0.4) is 0 Å². The second-order valence-corrected chi connectivity index (χ2v) is 6.02. The van der Waals surface area contributed by atoms with Crippen molar-refractivity contribution in [3.05, 3.63) is 12.2 Å². The number of alkyl halides is 1. The van der Waals surface area contributed by atoms with Gasteiger partial charge in [-0.05, 0) is 62.7 Å². The molecule has 2 fully saturated rings. The van der Waals surface area contributed by atoms with E-state index in [9.17, 15) is 9.18 Å². The zero-order valence-corrected chi connectivity index (χ0v) is 11.2. The molecule has 0 spiro atoms. The summed E-state index contributed by atoms with van der Waals surface area (Å²) in [6.07, 6.45) is 13.9. The summed E-state index contributed by atoms with van der Waals surface area (Å²) in [4.78, 5) is 11.3. The molecule has 0 bridgehead atoms. The van der Waals surface area contributed by atoms with Crippen molar-refractivity contribution in [2.75, 3.05) is 6.67 Å². The highest BCUT2D eigenvalue weighted by Crippen LogP contribution is 2.40. The van der Waals surface area contributed by atoms with Gasteiger partial charge in [0.1, 0.15) is 12.5 Å². The SMILES string of the molecule is O=C1CCC(C2CCC(C/C=C/CF)CC2)CC1. The number of ketones is 1. The summed E-state index contributed by atoms with van der Waals surface area (Å²) in [5.41, 5.74) is 0. The van der Waals surface area contributed by atoms with Crippen LogP contribution in [-0.4, -0.2) is 12.5 Å². The Morgan fingerprint density at radius 2 is 1.56 bits per heavy atom. The molecule has 2 rings (SSSR count). The molecule has 2 saturated carbocycles. The van der Waals surface area contributed by atoms with Gasteiger partial charge in [-0.3, -0.25) is 4.79 Å². The van der Waals surface area contributed by atoms with E-state index in [1.807, 2.05) is 6.08 Å². The predicted octanol–water partition coefficient (Wildman–Crippen LogP) is 4.47. The van der Waals surface area contributed by atoms with E-state index in [0.29, 0.717) is 5.78 Å². The molecule has 2 heteroatoms. The van der Waals surface area contributed by atoms with Gasteiger partial charge in [0.05, 0.1) is 0 Å². The molecule has 0 heterocycles. The van der Waals surface area contributed by atoms with Crippen LogP contribution in [0, 0.1) is 17.8 Å². The maximum absolute atomic E-state index is 12.0. The fraction of sp³-hybridized carbons (Fsp3) is 0.812. The number of halogens is 1. The van der Waals surface area contributed by atoms with Crippen molar-refractivity contribution in [2.24, 2.45) is 17.8 Å². The molecule has 2 aliphatic rings. The molecular formula is C16H25FO. The van der Waals surface area contributed by atoms with Gasteiger partial charge < -0.3 is 0 Å². The molecule has 0 radical (unpaired) electrons. The van der Waals surface area contributed by atoms with Crippen LogP contribution in [0.5, 0.6) is 0 Å². The Kier molecular flexibility index (Phi) is 5.40. The highest BCUT2D eigenvalue weighted by molar-refractivity contribution is 5.79. The minimum absolute atomic E-state index is 0.328. The van der Waals surface area contributed by atoms with E-state index in [1.54, 1.807) is 6.08 Å². The Bertz CT molecular complexity index is 279. The molecule has 0 aromatic heterocycles. The smallest absolute Gasteiger partial charge is 0.132 e. The molecule has 0 aromatic carbocycles. The summed E-state index contributed by atoms with van der Waals surface area (Å²) in [5, 5.41) is 0. The first-order valence-corrected chi connectivity index (χ1v) is 7.52. The van der Waals surface area contributed by atoms with E-state index in [4.69, 9.17) is 0 Å². The first-order valence-electron chi connectivity index (χ1n) is 7.52. The largest absolute Gasteiger partial charge is 0.300 e. The predicted molar refractivity (Wildman–Crippen MR) is 72.1 cm³/mol. The monoisotopic (exact) mass is 252 g/mol. The molecule has 0 amide bonds. The van der Waals surface area contributed by atoms with Crippen molar-refractivity contribution in [1.82, 2.24) is 0 Å². The van der Waals surface area contributed by atoms with Crippen molar-refractivity contribution >= 4 is 5.78 Å². The second-order valence-electron chi connectivity index (χ2n) is 6.02. The molecule has 0 unspecified atom stereocenters. The number of carbonyl (C=O) groups excluding carboxylic acids is 1. The maximum Gasteiger partial charge on any atom is 0.132 e. The summed E-state index contributed by atoms with van der Waals surface area (Å²) < 4.78 is 12.0. The van der Waals surface area contributed by atoms with Crippen LogP contribution in [0.1, 0.15) is 57.8 Å². The van der Waals surface area contributed by atoms with Crippen molar-refractivity contribution in [3.8, 4) is 0 Å². The molecule has 0 aromatic rings. The summed E-state index contributed by atoms with van der Waals surface area (Å²) in [6.45, 7) is -0.328. The molecular weight excluding hydrogens is 227 g/mol. The molecule has 102 valence electrons. The first-order chi connectivity index (χ1) is 8.79. The Balaban J connectivity index is 1.69. The van der Waals surface area contributed by atoms with E-state index >= 15 is 0 Å². The quantitative estimate of drug-likeness (QED) is 0.675. The van der Waals surface area contributed by atoms with Crippen LogP contribution in [0.25, 0.3) is 0 Å². The average Bonchev–Trinajstić information content (AvgIpc) is 2.41. The van der Waals surface area contributed by atoms with Gasteiger partial charge in [0.2, 0.25) is 0 Å². The minimum atomic E-state index is -0.328. The fourth-order valence-electron chi connectivity index (χ4n) is 3.68. The van der Waals surface area contributed by atoms with Gasteiger partial charge in [0.25, 0.3) is 0 Å². The van der Waals surface area contributed by atoms with Gasteiger partial charge in [-0.15, -0.1) is 0 Å². The van der Waals surface area contributed by atoms with E-state index in [0.717, 1.165) is 49.9 Å². The Morgan fingerprint density at radius 3 is 2.17 bits per heavy atom. The molecule has 0 aliphatic heterocycles. The number of Topliss-reactive ketones (excluding diaryl/α,β-unsaturated/α-hetero) is 1. The van der Waals surface area contributed by atoms with Gasteiger partial charge in [-0.2, -0.15) is 0 Å². The third-order valence-electron chi connectivity index (χ3n) is 4.87. The zero-order valence-electron chi connectivity index (χ0n) is 11.2. The highest BCUT2D eigenvalue weighted by atomic mass is 19.1. The molecule has 2 aliphatic carbocycles. The lowest BCUT2D eigenvalue weighted by Crippen LogP contribution is -2.25.